The van der Waals surface area contributed by atoms with Crippen LogP contribution in [0.2, 0.25) is 0 Å². The molecule has 0 heterocycles. The molecule has 1 unspecified atom stereocenters. The molecule has 0 fully saturated rings. The molecule has 0 aliphatic carbocycles. The van der Waals surface area contributed by atoms with Crippen molar-refractivity contribution in [1.29, 1.82) is 0 Å². The highest BCUT2D eigenvalue weighted by Gasteiger charge is 2.19. The summed E-state index contributed by atoms with van der Waals surface area (Å²) in [5.74, 6) is -0.872. The predicted molar refractivity (Wildman–Crippen MR) is 303 cm³/mol. The lowest BCUT2D eigenvalue weighted by Crippen LogP contribution is -2.30. The van der Waals surface area contributed by atoms with Gasteiger partial charge in [-0.1, -0.05) is 289 Å². The quantitative estimate of drug-likeness (QED) is 0.0261. The van der Waals surface area contributed by atoms with E-state index in [-0.39, 0.29) is 31.1 Å². The zero-order valence-electron chi connectivity index (χ0n) is 47.3. The van der Waals surface area contributed by atoms with Crippen molar-refractivity contribution in [3.8, 4) is 0 Å². The molecular formula is C64H120O6. The maximum Gasteiger partial charge on any atom is 0.306 e. The zero-order chi connectivity index (χ0) is 50.7. The molecule has 412 valence electrons. The Balaban J connectivity index is 4.14. The van der Waals surface area contributed by atoms with E-state index < -0.39 is 6.10 Å². The zero-order valence-corrected chi connectivity index (χ0v) is 47.3. The van der Waals surface area contributed by atoms with Crippen LogP contribution in [-0.4, -0.2) is 37.2 Å². The molecule has 0 aromatic heterocycles. The second-order valence-corrected chi connectivity index (χ2v) is 21.3. The Morgan fingerprint density at radius 2 is 0.500 bits per heavy atom. The Hall–Kier alpha value is -2.11. The van der Waals surface area contributed by atoms with E-state index in [4.69, 9.17) is 14.2 Å². The first kappa shape index (κ1) is 67.9. The summed E-state index contributed by atoms with van der Waals surface area (Å²) in [6, 6.07) is 0. The number of hydrogen-bond acceptors (Lipinski definition) is 6. The minimum atomic E-state index is -0.775. The molecule has 0 bridgehead atoms. The van der Waals surface area contributed by atoms with Crippen molar-refractivity contribution < 1.29 is 28.6 Å². The first-order valence-corrected chi connectivity index (χ1v) is 31.3. The lowest BCUT2D eigenvalue weighted by Gasteiger charge is -2.18. The van der Waals surface area contributed by atoms with Crippen LogP contribution in [0.5, 0.6) is 0 Å². The van der Waals surface area contributed by atoms with Crippen molar-refractivity contribution in [2.24, 2.45) is 0 Å². The van der Waals surface area contributed by atoms with Crippen molar-refractivity contribution in [3.05, 3.63) is 24.3 Å². The molecule has 0 saturated heterocycles. The van der Waals surface area contributed by atoms with Crippen molar-refractivity contribution in [2.75, 3.05) is 13.2 Å². The maximum atomic E-state index is 12.8. The third-order valence-electron chi connectivity index (χ3n) is 14.2. The summed E-state index contributed by atoms with van der Waals surface area (Å²) in [7, 11) is 0. The fourth-order valence-electron chi connectivity index (χ4n) is 9.44. The monoisotopic (exact) mass is 985 g/mol. The second-order valence-electron chi connectivity index (χ2n) is 21.3. The predicted octanol–water partition coefficient (Wildman–Crippen LogP) is 21.1. The van der Waals surface area contributed by atoms with Crippen LogP contribution < -0.4 is 0 Å². The Labute approximate surface area is 436 Å². The average Bonchev–Trinajstić information content (AvgIpc) is 3.36. The van der Waals surface area contributed by atoms with Crippen LogP contribution in [0.25, 0.3) is 0 Å². The van der Waals surface area contributed by atoms with Crippen molar-refractivity contribution in [1.82, 2.24) is 0 Å². The number of ether oxygens (including phenoxy) is 3. The van der Waals surface area contributed by atoms with Gasteiger partial charge in [0, 0.05) is 19.3 Å². The van der Waals surface area contributed by atoms with Gasteiger partial charge < -0.3 is 14.2 Å². The van der Waals surface area contributed by atoms with E-state index in [1.54, 1.807) is 0 Å². The Bertz CT molecular complexity index is 1130. The normalized spacial score (nSPS) is 12.1. The molecule has 0 N–H and O–H groups in total. The van der Waals surface area contributed by atoms with Crippen molar-refractivity contribution in [2.45, 2.75) is 354 Å². The fraction of sp³-hybridized carbons (Fsp3) is 0.891. The summed E-state index contributed by atoms with van der Waals surface area (Å²) >= 11 is 0. The van der Waals surface area contributed by atoms with Gasteiger partial charge in [0.05, 0.1) is 0 Å². The first-order chi connectivity index (χ1) is 34.5. The summed E-state index contributed by atoms with van der Waals surface area (Å²) in [5, 5.41) is 0. The highest BCUT2D eigenvalue weighted by Crippen LogP contribution is 2.18. The number of carbonyl (C=O) groups excluding carboxylic acids is 3. The highest BCUT2D eigenvalue weighted by atomic mass is 16.6. The molecule has 0 amide bonds. The Morgan fingerprint density at radius 1 is 0.271 bits per heavy atom. The van der Waals surface area contributed by atoms with E-state index in [1.165, 1.54) is 231 Å². The first-order valence-electron chi connectivity index (χ1n) is 31.3. The molecular weight excluding hydrogens is 865 g/mol. The topological polar surface area (TPSA) is 78.9 Å². The van der Waals surface area contributed by atoms with Crippen LogP contribution in [0.1, 0.15) is 348 Å². The van der Waals surface area contributed by atoms with Gasteiger partial charge in [-0.15, -0.1) is 0 Å². The minimum Gasteiger partial charge on any atom is -0.462 e. The summed E-state index contributed by atoms with van der Waals surface area (Å²) < 4.78 is 16.9. The van der Waals surface area contributed by atoms with Gasteiger partial charge in [0.2, 0.25) is 0 Å². The maximum absolute atomic E-state index is 12.8. The largest absolute Gasteiger partial charge is 0.462 e. The van der Waals surface area contributed by atoms with Crippen molar-refractivity contribution in [3.63, 3.8) is 0 Å². The molecule has 0 aromatic rings. The SMILES string of the molecule is CCC/C=C\CCCCCCCC(=O)OCC(COC(=O)CCCCCCCCCCCCCCCCCCCCCCCCCCCC)OC(=O)CCCCCCC/C=C\CCCCCCCCC. The van der Waals surface area contributed by atoms with Gasteiger partial charge in [-0.2, -0.15) is 0 Å². The van der Waals surface area contributed by atoms with Crippen LogP contribution in [0, 0.1) is 0 Å². The van der Waals surface area contributed by atoms with Crippen LogP contribution in [0.15, 0.2) is 24.3 Å². The van der Waals surface area contributed by atoms with E-state index in [0.29, 0.717) is 19.3 Å². The van der Waals surface area contributed by atoms with E-state index >= 15 is 0 Å². The summed E-state index contributed by atoms with van der Waals surface area (Å²) in [5.41, 5.74) is 0. The Morgan fingerprint density at radius 3 is 0.771 bits per heavy atom. The van der Waals surface area contributed by atoms with Gasteiger partial charge in [0.25, 0.3) is 0 Å². The molecule has 0 spiro atoms. The van der Waals surface area contributed by atoms with E-state index in [9.17, 15) is 14.4 Å². The van der Waals surface area contributed by atoms with E-state index in [2.05, 4.69) is 45.1 Å². The fourth-order valence-corrected chi connectivity index (χ4v) is 9.44. The van der Waals surface area contributed by atoms with Crippen LogP contribution >= 0.6 is 0 Å². The standard InChI is InChI=1S/C64H120O6/c1-4-7-10-13-16-19-22-24-26-28-29-30-31-32-33-34-35-36-37-39-40-42-45-48-51-54-57-63(66)69-60-61(59-68-62(65)56-53-50-47-44-21-18-15-12-9-6-3)70-64(67)58-55-52-49-46-43-41-38-27-25-23-20-17-14-11-8-5-2/h12,15,27,38,61H,4-11,13-14,16-26,28-37,39-60H2,1-3H3/b15-12-,38-27-. The second kappa shape index (κ2) is 59.5. The number of carbonyl (C=O) groups is 3. The molecule has 0 aromatic carbocycles. The van der Waals surface area contributed by atoms with E-state index in [1.807, 2.05) is 0 Å². The number of hydrogen-bond donors (Lipinski definition) is 0. The average molecular weight is 986 g/mol. The third-order valence-corrected chi connectivity index (χ3v) is 14.2. The molecule has 0 radical (unpaired) electrons. The number of rotatable bonds is 58. The molecule has 6 nitrogen and oxygen atoms in total. The molecule has 70 heavy (non-hydrogen) atoms. The van der Waals surface area contributed by atoms with Crippen LogP contribution in [-0.2, 0) is 28.6 Å². The van der Waals surface area contributed by atoms with Gasteiger partial charge in [-0.3, -0.25) is 14.4 Å². The van der Waals surface area contributed by atoms with Gasteiger partial charge >= 0.3 is 17.9 Å². The summed E-state index contributed by atoms with van der Waals surface area (Å²) in [4.78, 5) is 38.1. The smallest absolute Gasteiger partial charge is 0.306 e. The lowest BCUT2D eigenvalue weighted by atomic mass is 10.0. The summed E-state index contributed by atoms with van der Waals surface area (Å²) in [6.07, 6.45) is 70.6. The molecule has 0 aliphatic heterocycles. The number of unbranched alkanes of at least 4 members (excludes halogenated alkanes) is 43. The number of allylic oxidation sites excluding steroid dienone is 4. The lowest BCUT2D eigenvalue weighted by molar-refractivity contribution is -0.167. The highest BCUT2D eigenvalue weighted by molar-refractivity contribution is 5.71. The van der Waals surface area contributed by atoms with Crippen molar-refractivity contribution >= 4 is 17.9 Å². The molecule has 1 atom stereocenters. The third kappa shape index (κ3) is 56.8. The molecule has 0 rings (SSSR count). The van der Waals surface area contributed by atoms with E-state index in [0.717, 1.165) is 77.0 Å². The molecule has 0 aliphatic rings. The minimum absolute atomic E-state index is 0.0729. The summed E-state index contributed by atoms with van der Waals surface area (Å²) in [6.45, 7) is 6.62. The molecule has 6 heteroatoms. The van der Waals surface area contributed by atoms with Gasteiger partial charge in [0.1, 0.15) is 13.2 Å². The van der Waals surface area contributed by atoms with Gasteiger partial charge in [-0.05, 0) is 64.2 Å². The van der Waals surface area contributed by atoms with Crippen LogP contribution in [0.3, 0.4) is 0 Å². The number of esters is 3. The van der Waals surface area contributed by atoms with Gasteiger partial charge in [-0.25, -0.2) is 0 Å². The molecule has 0 saturated carbocycles. The Kier molecular flexibility index (Phi) is 57.7. The van der Waals surface area contributed by atoms with Crippen LogP contribution in [0.4, 0.5) is 0 Å². The van der Waals surface area contributed by atoms with Gasteiger partial charge in [0.15, 0.2) is 6.10 Å².